The van der Waals surface area contributed by atoms with Gasteiger partial charge in [0.1, 0.15) is 16.0 Å². The van der Waals surface area contributed by atoms with Crippen molar-refractivity contribution in [2.24, 2.45) is 5.92 Å². The van der Waals surface area contributed by atoms with Crippen molar-refractivity contribution in [1.29, 1.82) is 0 Å². The molecule has 1 aliphatic rings. The van der Waals surface area contributed by atoms with Crippen LogP contribution in [0.4, 0.5) is 25.8 Å². The molecule has 0 saturated heterocycles. The molecule has 3 N–H and O–H groups in total. The van der Waals surface area contributed by atoms with Gasteiger partial charge in [-0.05, 0) is 66.6 Å². The van der Waals surface area contributed by atoms with Crippen molar-refractivity contribution in [3.8, 4) is 0 Å². The molecule has 6 nitrogen and oxygen atoms in total. The van der Waals surface area contributed by atoms with Crippen LogP contribution in [0, 0.1) is 24.5 Å². The van der Waals surface area contributed by atoms with Crippen molar-refractivity contribution in [3.05, 3.63) is 87.9 Å². The fourth-order valence-electron chi connectivity index (χ4n) is 4.04. The Balaban J connectivity index is 1.50. The predicted molar refractivity (Wildman–Crippen MR) is 141 cm³/mol. The van der Waals surface area contributed by atoms with E-state index in [0.29, 0.717) is 16.9 Å². The molecule has 11 heteroatoms. The molecule has 0 heterocycles. The summed E-state index contributed by atoms with van der Waals surface area (Å²) in [6.45, 7) is 2.83. The largest absolute Gasteiger partial charge is 0.326 e. The lowest BCUT2D eigenvalue weighted by molar-refractivity contribution is -0.117. The highest BCUT2D eigenvalue weighted by atomic mass is 35.5. The molecule has 1 fully saturated rings. The summed E-state index contributed by atoms with van der Waals surface area (Å²) in [6.07, 6.45) is 0. The Labute approximate surface area is 226 Å². The molecule has 2 atom stereocenters. The minimum absolute atomic E-state index is 0.123. The van der Waals surface area contributed by atoms with Gasteiger partial charge in [-0.1, -0.05) is 17.7 Å². The van der Waals surface area contributed by atoms with E-state index in [-0.39, 0.29) is 27.7 Å². The summed E-state index contributed by atoms with van der Waals surface area (Å²) in [5.41, 5.74) is 1.41. The van der Waals surface area contributed by atoms with E-state index >= 15 is 0 Å². The monoisotopic (exact) mass is 565 g/mol. The molecule has 0 bridgehead atoms. The van der Waals surface area contributed by atoms with Gasteiger partial charge in [0.25, 0.3) is 5.91 Å². The minimum Gasteiger partial charge on any atom is -0.326 e. The molecule has 0 aliphatic heterocycles. The van der Waals surface area contributed by atoms with Crippen LogP contribution >= 0.6 is 34.8 Å². The Bertz CT molecular complexity index is 1410. The quantitative estimate of drug-likeness (QED) is 0.292. The van der Waals surface area contributed by atoms with Crippen molar-refractivity contribution < 1.29 is 23.2 Å². The molecule has 1 aliphatic carbocycles. The Morgan fingerprint density at radius 1 is 0.865 bits per heavy atom. The van der Waals surface area contributed by atoms with Gasteiger partial charge in [0.05, 0.1) is 16.5 Å². The van der Waals surface area contributed by atoms with Gasteiger partial charge in [0.2, 0.25) is 11.8 Å². The Morgan fingerprint density at radius 2 is 1.49 bits per heavy atom. The lowest BCUT2D eigenvalue weighted by Gasteiger charge is -2.12. The molecule has 4 rings (SSSR count). The number of anilines is 3. The molecule has 3 amide bonds. The summed E-state index contributed by atoms with van der Waals surface area (Å²) < 4.78 is 26.9. The molecular weight excluding hydrogens is 547 g/mol. The van der Waals surface area contributed by atoms with E-state index < -0.39 is 39.6 Å². The Morgan fingerprint density at radius 3 is 2.08 bits per heavy atom. The molecule has 3 aromatic rings. The predicted octanol–water partition coefficient (Wildman–Crippen LogP) is 6.66. The van der Waals surface area contributed by atoms with Gasteiger partial charge in [-0.15, -0.1) is 23.2 Å². The van der Waals surface area contributed by atoms with E-state index in [4.69, 9.17) is 34.8 Å². The third kappa shape index (κ3) is 5.71. The third-order valence-electron chi connectivity index (χ3n) is 5.87. The summed E-state index contributed by atoms with van der Waals surface area (Å²) in [5, 5.41) is 7.70. The SMILES string of the molecule is CC(=O)Nc1ccc(NC(=O)c2cc(NC(=O)[C@H]3[C@H](c4ccc(F)c(Cl)c4)C3(Cl)Cl)cc(C)c2F)cc1. The number of carbonyl (C=O) groups is 3. The normalized spacial score (nSPS) is 17.6. The molecule has 0 spiro atoms. The number of nitrogens with one attached hydrogen (secondary N) is 3. The smallest absolute Gasteiger partial charge is 0.258 e. The maximum atomic E-state index is 14.8. The summed E-state index contributed by atoms with van der Waals surface area (Å²) in [7, 11) is 0. The zero-order chi connectivity index (χ0) is 27.1. The van der Waals surface area contributed by atoms with Crippen molar-refractivity contribution in [2.45, 2.75) is 24.1 Å². The van der Waals surface area contributed by atoms with Crippen molar-refractivity contribution in [2.75, 3.05) is 16.0 Å². The van der Waals surface area contributed by atoms with Gasteiger partial charge in [0, 0.05) is 29.9 Å². The lowest BCUT2D eigenvalue weighted by Crippen LogP contribution is -2.19. The molecule has 192 valence electrons. The van der Waals surface area contributed by atoms with Crippen LogP contribution in [-0.4, -0.2) is 22.1 Å². The fourth-order valence-corrected chi connectivity index (χ4v) is 5.06. The average Bonchev–Trinajstić information content (AvgIpc) is 3.40. The van der Waals surface area contributed by atoms with Gasteiger partial charge in [-0.3, -0.25) is 14.4 Å². The Kier molecular flexibility index (Phi) is 7.46. The maximum Gasteiger partial charge on any atom is 0.258 e. The van der Waals surface area contributed by atoms with E-state index in [9.17, 15) is 23.2 Å². The third-order valence-corrected chi connectivity index (χ3v) is 7.10. The van der Waals surface area contributed by atoms with Crippen LogP contribution in [0.3, 0.4) is 0 Å². The highest BCUT2D eigenvalue weighted by Crippen LogP contribution is 2.65. The summed E-state index contributed by atoms with van der Waals surface area (Å²) in [4.78, 5) is 37.0. The summed E-state index contributed by atoms with van der Waals surface area (Å²) >= 11 is 18.5. The van der Waals surface area contributed by atoms with Crippen LogP contribution in [0.5, 0.6) is 0 Å². The number of benzene rings is 3. The first kappa shape index (κ1) is 26.9. The van der Waals surface area contributed by atoms with Crippen LogP contribution in [-0.2, 0) is 9.59 Å². The van der Waals surface area contributed by atoms with E-state index in [1.807, 2.05) is 0 Å². The van der Waals surface area contributed by atoms with Crippen molar-refractivity contribution in [3.63, 3.8) is 0 Å². The highest BCUT2D eigenvalue weighted by Gasteiger charge is 2.67. The second-order valence-corrected chi connectivity index (χ2v) is 10.5. The number of carbonyl (C=O) groups excluding carboxylic acids is 3. The molecule has 1 saturated carbocycles. The van der Waals surface area contributed by atoms with Crippen LogP contribution in [0.1, 0.15) is 34.3 Å². The molecule has 0 aromatic heterocycles. The maximum absolute atomic E-state index is 14.8. The lowest BCUT2D eigenvalue weighted by atomic mass is 10.1. The fraction of sp³-hybridized carbons (Fsp3) is 0.192. The number of alkyl halides is 2. The van der Waals surface area contributed by atoms with Gasteiger partial charge in [-0.25, -0.2) is 8.78 Å². The molecule has 37 heavy (non-hydrogen) atoms. The number of amides is 3. The van der Waals surface area contributed by atoms with Crippen LogP contribution < -0.4 is 16.0 Å². The standard InChI is InChI=1S/C26H20Cl3F2N3O3/c1-12-9-17(34-25(37)22-21(26(22,28)29)14-3-8-20(30)19(27)10-14)11-18(23(12)31)24(36)33-16-6-4-15(5-7-16)32-13(2)35/h3-11,21-22H,1-2H3,(H,32,35)(H,33,36)(H,34,37)/t21-,22+/m0/s1. The van der Waals surface area contributed by atoms with E-state index in [1.54, 1.807) is 24.3 Å². The zero-order valence-corrected chi connectivity index (χ0v) is 21.7. The molecule has 3 aromatic carbocycles. The van der Waals surface area contributed by atoms with E-state index in [0.717, 1.165) is 6.07 Å². The minimum atomic E-state index is -1.45. The number of hydrogen-bond donors (Lipinski definition) is 3. The number of halogens is 5. The Hall–Kier alpha value is -3.20. The van der Waals surface area contributed by atoms with Gasteiger partial charge in [-0.2, -0.15) is 0 Å². The van der Waals surface area contributed by atoms with E-state index in [1.165, 1.54) is 38.1 Å². The highest BCUT2D eigenvalue weighted by molar-refractivity contribution is 6.53. The van der Waals surface area contributed by atoms with E-state index in [2.05, 4.69) is 16.0 Å². The van der Waals surface area contributed by atoms with Crippen LogP contribution in [0.15, 0.2) is 54.6 Å². The van der Waals surface area contributed by atoms with Gasteiger partial charge in [0.15, 0.2) is 0 Å². The first-order valence-corrected chi connectivity index (χ1v) is 12.1. The summed E-state index contributed by atoms with van der Waals surface area (Å²) in [5.74, 6) is -4.43. The van der Waals surface area contributed by atoms with Gasteiger partial charge >= 0.3 is 0 Å². The molecule has 0 unspecified atom stereocenters. The first-order valence-electron chi connectivity index (χ1n) is 11.0. The topological polar surface area (TPSA) is 87.3 Å². The zero-order valence-electron chi connectivity index (χ0n) is 19.5. The first-order chi connectivity index (χ1) is 17.4. The van der Waals surface area contributed by atoms with Crippen molar-refractivity contribution in [1.82, 2.24) is 0 Å². The molecular formula is C26H20Cl3F2N3O3. The molecule has 0 radical (unpaired) electrons. The van der Waals surface area contributed by atoms with Crippen molar-refractivity contribution >= 4 is 69.6 Å². The number of aryl methyl sites for hydroxylation is 1. The van der Waals surface area contributed by atoms with Crippen LogP contribution in [0.25, 0.3) is 0 Å². The second kappa shape index (κ2) is 10.3. The summed E-state index contributed by atoms with van der Waals surface area (Å²) in [6, 6.07) is 12.8. The number of hydrogen-bond acceptors (Lipinski definition) is 3. The number of rotatable bonds is 6. The second-order valence-electron chi connectivity index (χ2n) is 8.66. The van der Waals surface area contributed by atoms with Gasteiger partial charge < -0.3 is 16.0 Å². The van der Waals surface area contributed by atoms with Crippen LogP contribution in [0.2, 0.25) is 5.02 Å². The average molecular weight is 567 g/mol.